The van der Waals surface area contributed by atoms with Crippen LogP contribution in [0.25, 0.3) is 0 Å². The molecule has 0 aromatic rings. The number of carbonyl (C=O) groups is 2. The number of nitrogens with zero attached hydrogens (tertiary/aromatic N) is 1. The molecule has 0 radical (unpaired) electrons. The second-order valence-corrected chi connectivity index (χ2v) is 6.57. The second kappa shape index (κ2) is 15.1. The van der Waals surface area contributed by atoms with E-state index in [1.165, 1.54) is 0 Å². The molecule has 0 aliphatic rings. The fraction of sp³-hybridized carbons (Fsp3) is 0.889. The lowest BCUT2D eigenvalue weighted by Crippen LogP contribution is -2.31. The van der Waals surface area contributed by atoms with E-state index >= 15 is 0 Å². The minimum atomic E-state index is -0.242. The van der Waals surface area contributed by atoms with Gasteiger partial charge in [0.05, 0.1) is 25.2 Å². The molecule has 0 fully saturated rings. The number of ether oxygens (including phenoxy) is 3. The van der Waals surface area contributed by atoms with Gasteiger partial charge in [0.25, 0.3) is 0 Å². The Morgan fingerprint density at radius 1 is 0.920 bits per heavy atom. The lowest BCUT2D eigenvalue weighted by Gasteiger charge is -2.16. The van der Waals surface area contributed by atoms with E-state index in [0.717, 1.165) is 6.42 Å². The van der Waals surface area contributed by atoms with Crippen molar-refractivity contribution in [3.8, 4) is 0 Å². The molecule has 0 saturated heterocycles. The SMILES string of the molecule is CC(C)OCCCNC(=O)CCN(C)CCC(=O)OCCOC(C)C. The Bertz CT molecular complexity index is 361. The third-order valence-electron chi connectivity index (χ3n) is 3.31. The van der Waals surface area contributed by atoms with Crippen molar-refractivity contribution < 1.29 is 23.8 Å². The van der Waals surface area contributed by atoms with Gasteiger partial charge in [-0.25, -0.2) is 0 Å². The second-order valence-electron chi connectivity index (χ2n) is 6.57. The molecule has 148 valence electrons. The topological polar surface area (TPSA) is 77.1 Å². The van der Waals surface area contributed by atoms with Crippen molar-refractivity contribution >= 4 is 11.9 Å². The summed E-state index contributed by atoms with van der Waals surface area (Å²) >= 11 is 0. The maximum atomic E-state index is 11.7. The number of amides is 1. The molecule has 7 heteroatoms. The van der Waals surface area contributed by atoms with Crippen LogP contribution in [-0.4, -0.2) is 75.5 Å². The van der Waals surface area contributed by atoms with E-state index in [1.54, 1.807) is 0 Å². The molecular formula is C18H36N2O5. The molecule has 0 saturated carbocycles. The first kappa shape index (κ1) is 23.8. The largest absolute Gasteiger partial charge is 0.463 e. The number of hydrogen-bond acceptors (Lipinski definition) is 6. The maximum Gasteiger partial charge on any atom is 0.307 e. The van der Waals surface area contributed by atoms with Crippen LogP contribution in [0.1, 0.15) is 47.0 Å². The standard InChI is InChI=1S/C18H36N2O5/c1-15(2)23-12-6-9-19-17(21)7-10-20(5)11-8-18(22)25-14-13-24-16(3)4/h15-16H,6-14H2,1-5H3,(H,19,21). The lowest BCUT2D eigenvalue weighted by atomic mass is 10.3. The van der Waals surface area contributed by atoms with Crippen LogP contribution < -0.4 is 5.32 Å². The molecule has 1 amide bonds. The molecule has 0 aromatic heterocycles. The van der Waals surface area contributed by atoms with E-state index in [2.05, 4.69) is 5.32 Å². The molecule has 0 bridgehead atoms. The van der Waals surface area contributed by atoms with Crippen LogP contribution in [0.2, 0.25) is 0 Å². The van der Waals surface area contributed by atoms with Crippen molar-refractivity contribution in [3.63, 3.8) is 0 Å². The normalized spacial score (nSPS) is 11.4. The third-order valence-corrected chi connectivity index (χ3v) is 3.31. The zero-order valence-electron chi connectivity index (χ0n) is 16.5. The molecule has 0 aliphatic carbocycles. The number of esters is 1. The van der Waals surface area contributed by atoms with Crippen LogP contribution in [0, 0.1) is 0 Å². The molecule has 0 aliphatic heterocycles. The third kappa shape index (κ3) is 17.4. The molecule has 0 spiro atoms. The zero-order valence-corrected chi connectivity index (χ0v) is 16.5. The molecule has 0 atom stereocenters. The highest BCUT2D eigenvalue weighted by Gasteiger charge is 2.08. The average Bonchev–Trinajstić information content (AvgIpc) is 2.54. The van der Waals surface area contributed by atoms with Gasteiger partial charge in [-0.05, 0) is 41.2 Å². The highest BCUT2D eigenvalue weighted by molar-refractivity contribution is 5.76. The number of hydrogen-bond donors (Lipinski definition) is 1. The van der Waals surface area contributed by atoms with Gasteiger partial charge in [-0.2, -0.15) is 0 Å². The van der Waals surface area contributed by atoms with Crippen LogP contribution in [0.5, 0.6) is 0 Å². The van der Waals surface area contributed by atoms with Crippen LogP contribution in [-0.2, 0) is 23.8 Å². The van der Waals surface area contributed by atoms with Gasteiger partial charge >= 0.3 is 5.97 Å². The molecule has 0 rings (SSSR count). The Hall–Kier alpha value is -1.18. The van der Waals surface area contributed by atoms with Gasteiger partial charge in [0.15, 0.2) is 0 Å². The van der Waals surface area contributed by atoms with Crippen LogP contribution in [0.3, 0.4) is 0 Å². The summed E-state index contributed by atoms with van der Waals surface area (Å²) in [6.45, 7) is 11.0. The van der Waals surface area contributed by atoms with Crippen LogP contribution in [0.4, 0.5) is 0 Å². The summed E-state index contributed by atoms with van der Waals surface area (Å²) in [6.07, 6.45) is 1.90. The minimum Gasteiger partial charge on any atom is -0.463 e. The molecule has 1 N–H and O–H groups in total. The van der Waals surface area contributed by atoms with Crippen molar-refractivity contribution in [2.75, 3.05) is 46.5 Å². The summed E-state index contributed by atoms with van der Waals surface area (Å²) in [5.41, 5.74) is 0. The van der Waals surface area contributed by atoms with Crippen molar-refractivity contribution in [2.24, 2.45) is 0 Å². The summed E-state index contributed by atoms with van der Waals surface area (Å²) < 4.78 is 15.8. The summed E-state index contributed by atoms with van der Waals surface area (Å²) in [5, 5.41) is 2.87. The maximum absolute atomic E-state index is 11.7. The average molecular weight is 360 g/mol. The zero-order chi connectivity index (χ0) is 19.1. The first-order chi connectivity index (χ1) is 11.8. The first-order valence-corrected chi connectivity index (χ1v) is 9.15. The Morgan fingerprint density at radius 2 is 1.52 bits per heavy atom. The fourth-order valence-corrected chi connectivity index (χ4v) is 1.91. The van der Waals surface area contributed by atoms with Gasteiger partial charge in [0, 0.05) is 32.7 Å². The molecule has 0 heterocycles. The summed E-state index contributed by atoms with van der Waals surface area (Å²) in [6, 6.07) is 0. The summed E-state index contributed by atoms with van der Waals surface area (Å²) in [5.74, 6) is -0.224. The van der Waals surface area contributed by atoms with Crippen molar-refractivity contribution in [3.05, 3.63) is 0 Å². The molecule has 7 nitrogen and oxygen atoms in total. The Morgan fingerprint density at radius 3 is 2.16 bits per heavy atom. The Balaban J connectivity index is 3.57. The van der Waals surface area contributed by atoms with Crippen molar-refractivity contribution in [1.29, 1.82) is 0 Å². The van der Waals surface area contributed by atoms with E-state index in [1.807, 2.05) is 39.6 Å². The smallest absolute Gasteiger partial charge is 0.307 e. The number of nitrogens with one attached hydrogen (secondary N) is 1. The van der Waals surface area contributed by atoms with Gasteiger partial charge in [-0.1, -0.05) is 0 Å². The fourth-order valence-electron chi connectivity index (χ4n) is 1.91. The lowest BCUT2D eigenvalue weighted by molar-refractivity contribution is -0.146. The number of rotatable bonds is 15. The van der Waals surface area contributed by atoms with E-state index < -0.39 is 0 Å². The van der Waals surface area contributed by atoms with E-state index in [-0.39, 0.29) is 30.7 Å². The van der Waals surface area contributed by atoms with Crippen molar-refractivity contribution in [2.45, 2.75) is 59.2 Å². The molecular weight excluding hydrogens is 324 g/mol. The van der Waals surface area contributed by atoms with Gasteiger partial charge in [0.1, 0.15) is 6.61 Å². The quantitative estimate of drug-likeness (QED) is 0.353. The summed E-state index contributed by atoms with van der Waals surface area (Å²) in [7, 11) is 1.89. The Kier molecular flexibility index (Phi) is 14.4. The predicted molar refractivity (Wildman–Crippen MR) is 97.5 cm³/mol. The van der Waals surface area contributed by atoms with Gasteiger partial charge in [-0.15, -0.1) is 0 Å². The van der Waals surface area contributed by atoms with Gasteiger partial charge in [0.2, 0.25) is 5.91 Å². The first-order valence-electron chi connectivity index (χ1n) is 9.15. The minimum absolute atomic E-state index is 0.0183. The predicted octanol–water partition coefficient (Wildman–Crippen LogP) is 1.60. The van der Waals surface area contributed by atoms with E-state index in [0.29, 0.717) is 45.7 Å². The van der Waals surface area contributed by atoms with Gasteiger partial charge in [-0.3, -0.25) is 9.59 Å². The highest BCUT2D eigenvalue weighted by Crippen LogP contribution is 1.95. The molecule has 0 aromatic carbocycles. The van der Waals surface area contributed by atoms with E-state index in [9.17, 15) is 9.59 Å². The van der Waals surface area contributed by atoms with Gasteiger partial charge < -0.3 is 24.4 Å². The molecule has 0 unspecified atom stereocenters. The highest BCUT2D eigenvalue weighted by atomic mass is 16.6. The van der Waals surface area contributed by atoms with Crippen LogP contribution in [0.15, 0.2) is 0 Å². The molecule has 25 heavy (non-hydrogen) atoms. The van der Waals surface area contributed by atoms with E-state index in [4.69, 9.17) is 14.2 Å². The Labute approximate surface area is 152 Å². The van der Waals surface area contributed by atoms with Crippen molar-refractivity contribution in [1.82, 2.24) is 10.2 Å². The number of carbonyl (C=O) groups excluding carboxylic acids is 2. The summed E-state index contributed by atoms with van der Waals surface area (Å²) in [4.78, 5) is 25.3. The van der Waals surface area contributed by atoms with Crippen LogP contribution >= 0.6 is 0 Å². The monoisotopic (exact) mass is 360 g/mol.